The molecule has 148 valence electrons. The monoisotopic (exact) mass is 415 g/mol. The lowest BCUT2D eigenvalue weighted by molar-refractivity contribution is -0.137. The van der Waals surface area contributed by atoms with E-state index in [2.05, 4.69) is 15.3 Å². The van der Waals surface area contributed by atoms with Gasteiger partial charge >= 0.3 is 6.18 Å². The van der Waals surface area contributed by atoms with Gasteiger partial charge in [0.05, 0.1) is 22.2 Å². The van der Waals surface area contributed by atoms with Gasteiger partial charge in [0.25, 0.3) is 0 Å². The lowest BCUT2D eigenvalue weighted by Crippen LogP contribution is -2.13. The van der Waals surface area contributed by atoms with Crippen molar-refractivity contribution in [3.63, 3.8) is 0 Å². The van der Waals surface area contributed by atoms with Crippen LogP contribution in [0, 0.1) is 0 Å². The molecule has 2 aromatic carbocycles. The van der Waals surface area contributed by atoms with Gasteiger partial charge in [0.1, 0.15) is 12.1 Å². The van der Waals surface area contributed by atoms with E-state index in [1.165, 1.54) is 23.7 Å². The van der Waals surface area contributed by atoms with Gasteiger partial charge in [-0.3, -0.25) is 0 Å². The van der Waals surface area contributed by atoms with Crippen molar-refractivity contribution in [2.45, 2.75) is 12.3 Å². The molecule has 1 atom stereocenters. The number of thiophene rings is 1. The predicted molar refractivity (Wildman–Crippen MR) is 108 cm³/mol. The second-order valence-electron chi connectivity index (χ2n) is 6.46. The Labute approximate surface area is 168 Å². The molecule has 0 aliphatic heterocycles. The molecule has 0 amide bonds. The fourth-order valence-corrected chi connectivity index (χ4v) is 3.94. The second kappa shape index (κ2) is 7.81. The van der Waals surface area contributed by atoms with Crippen LogP contribution in [-0.2, 0) is 6.18 Å². The summed E-state index contributed by atoms with van der Waals surface area (Å²) in [7, 11) is 0. The van der Waals surface area contributed by atoms with Crippen molar-refractivity contribution >= 4 is 27.2 Å². The Bertz CT molecular complexity index is 1130. The van der Waals surface area contributed by atoms with Crippen LogP contribution in [0.4, 0.5) is 19.0 Å². The first kappa shape index (κ1) is 19.4. The molecule has 2 aromatic heterocycles. The number of anilines is 1. The first-order valence-corrected chi connectivity index (χ1v) is 9.62. The minimum absolute atomic E-state index is 0.266. The van der Waals surface area contributed by atoms with E-state index in [-0.39, 0.29) is 6.54 Å². The number of aromatic nitrogens is 2. The van der Waals surface area contributed by atoms with Crippen LogP contribution in [0.5, 0.6) is 0 Å². The minimum atomic E-state index is -4.37. The Morgan fingerprint density at radius 1 is 1.00 bits per heavy atom. The Kier molecular flexibility index (Phi) is 5.21. The third-order valence-electron chi connectivity index (χ3n) is 4.42. The fourth-order valence-electron chi connectivity index (χ4n) is 2.93. The van der Waals surface area contributed by atoms with E-state index in [0.29, 0.717) is 16.9 Å². The normalized spacial score (nSPS) is 12.8. The molecule has 0 bridgehead atoms. The van der Waals surface area contributed by atoms with E-state index in [1.54, 1.807) is 12.1 Å². The summed E-state index contributed by atoms with van der Waals surface area (Å²) in [6, 6.07) is 16.4. The van der Waals surface area contributed by atoms with Crippen molar-refractivity contribution in [1.29, 1.82) is 0 Å². The number of aliphatic hydroxyl groups excluding tert-OH is 1. The largest absolute Gasteiger partial charge is 0.416 e. The Hall–Kier alpha value is -2.97. The van der Waals surface area contributed by atoms with Gasteiger partial charge in [0.15, 0.2) is 0 Å². The number of rotatable bonds is 5. The molecule has 0 radical (unpaired) electrons. The molecule has 0 aliphatic rings. The molecule has 1 unspecified atom stereocenters. The molecular formula is C21H16F3N3OS. The Balaban J connectivity index is 1.54. The van der Waals surface area contributed by atoms with Crippen LogP contribution >= 0.6 is 11.3 Å². The second-order valence-corrected chi connectivity index (χ2v) is 7.54. The summed E-state index contributed by atoms with van der Waals surface area (Å²) < 4.78 is 39.5. The van der Waals surface area contributed by atoms with Crippen molar-refractivity contribution in [3.8, 4) is 10.6 Å². The van der Waals surface area contributed by atoms with Crippen molar-refractivity contribution in [3.05, 3.63) is 78.1 Å². The summed E-state index contributed by atoms with van der Waals surface area (Å²) in [4.78, 5) is 9.13. The van der Waals surface area contributed by atoms with Gasteiger partial charge in [-0.1, -0.05) is 30.3 Å². The van der Waals surface area contributed by atoms with Gasteiger partial charge in [0, 0.05) is 17.3 Å². The topological polar surface area (TPSA) is 58.0 Å². The highest BCUT2D eigenvalue weighted by molar-refractivity contribution is 7.22. The zero-order valence-corrected chi connectivity index (χ0v) is 15.8. The average molecular weight is 415 g/mol. The van der Waals surface area contributed by atoms with Crippen LogP contribution < -0.4 is 5.32 Å². The molecule has 4 rings (SSSR count). The van der Waals surface area contributed by atoms with E-state index < -0.39 is 17.8 Å². The van der Waals surface area contributed by atoms with Crippen LogP contribution in [0.2, 0.25) is 0 Å². The molecule has 4 nitrogen and oxygen atoms in total. The first-order chi connectivity index (χ1) is 13.9. The number of nitrogens with one attached hydrogen (secondary N) is 1. The van der Waals surface area contributed by atoms with E-state index in [9.17, 15) is 18.3 Å². The van der Waals surface area contributed by atoms with Crippen molar-refractivity contribution in [2.75, 3.05) is 11.9 Å². The van der Waals surface area contributed by atoms with Gasteiger partial charge < -0.3 is 10.4 Å². The standard InChI is InChI=1S/C21H16F3N3OS/c22-21(23,24)15-6-7-18-14(8-15)9-19(29-18)16-10-20(27-12-26-16)25-11-17(28)13-4-2-1-3-5-13/h1-10,12,17,28H,11H2,(H,25,26,27). The SMILES string of the molecule is OC(CNc1cc(-c2cc3cc(C(F)(F)F)ccc3s2)ncn1)c1ccccc1. The third-order valence-corrected chi connectivity index (χ3v) is 5.56. The molecule has 0 fully saturated rings. The summed E-state index contributed by atoms with van der Waals surface area (Å²) in [6.07, 6.45) is -3.68. The van der Waals surface area contributed by atoms with E-state index in [1.807, 2.05) is 30.3 Å². The average Bonchev–Trinajstić information content (AvgIpc) is 3.16. The maximum atomic E-state index is 12.9. The molecule has 0 aliphatic carbocycles. The third kappa shape index (κ3) is 4.38. The van der Waals surface area contributed by atoms with Gasteiger partial charge in [0.2, 0.25) is 0 Å². The minimum Gasteiger partial charge on any atom is -0.387 e. The summed E-state index contributed by atoms with van der Waals surface area (Å²) >= 11 is 1.36. The molecule has 2 heterocycles. The number of hydrogen-bond donors (Lipinski definition) is 2. The molecule has 0 spiro atoms. The summed E-state index contributed by atoms with van der Waals surface area (Å²) in [5.74, 6) is 0.526. The number of halogens is 3. The molecule has 29 heavy (non-hydrogen) atoms. The van der Waals surface area contributed by atoms with Crippen LogP contribution in [0.15, 0.2) is 67.0 Å². The van der Waals surface area contributed by atoms with Crippen LogP contribution in [0.3, 0.4) is 0 Å². The van der Waals surface area contributed by atoms with Crippen LogP contribution in [0.1, 0.15) is 17.2 Å². The maximum Gasteiger partial charge on any atom is 0.416 e. The van der Waals surface area contributed by atoms with Gasteiger partial charge in [-0.25, -0.2) is 9.97 Å². The van der Waals surface area contributed by atoms with Gasteiger partial charge in [-0.05, 0) is 35.2 Å². The summed E-state index contributed by atoms with van der Waals surface area (Å²) in [5, 5.41) is 13.9. The first-order valence-electron chi connectivity index (χ1n) is 8.80. The van der Waals surface area contributed by atoms with Gasteiger partial charge in [-0.15, -0.1) is 11.3 Å². The van der Waals surface area contributed by atoms with E-state index >= 15 is 0 Å². The van der Waals surface area contributed by atoms with E-state index in [0.717, 1.165) is 27.3 Å². The van der Waals surface area contributed by atoms with Gasteiger partial charge in [-0.2, -0.15) is 13.2 Å². The van der Waals surface area contributed by atoms with Crippen molar-refractivity contribution in [1.82, 2.24) is 9.97 Å². The number of alkyl halides is 3. The lowest BCUT2D eigenvalue weighted by atomic mass is 10.1. The van der Waals surface area contributed by atoms with Crippen molar-refractivity contribution in [2.24, 2.45) is 0 Å². The molecule has 8 heteroatoms. The zero-order chi connectivity index (χ0) is 20.4. The maximum absolute atomic E-state index is 12.9. The Morgan fingerprint density at radius 3 is 2.55 bits per heavy atom. The smallest absolute Gasteiger partial charge is 0.387 e. The van der Waals surface area contributed by atoms with E-state index in [4.69, 9.17) is 0 Å². The van der Waals surface area contributed by atoms with Crippen molar-refractivity contribution < 1.29 is 18.3 Å². The quantitative estimate of drug-likeness (QED) is 0.450. The number of aliphatic hydroxyl groups is 1. The highest BCUT2D eigenvalue weighted by atomic mass is 32.1. The summed E-state index contributed by atoms with van der Waals surface area (Å²) in [6.45, 7) is 0.266. The highest BCUT2D eigenvalue weighted by Crippen LogP contribution is 2.37. The number of fused-ring (bicyclic) bond motifs is 1. The Morgan fingerprint density at radius 2 is 1.79 bits per heavy atom. The zero-order valence-electron chi connectivity index (χ0n) is 15.0. The molecule has 0 saturated carbocycles. The highest BCUT2D eigenvalue weighted by Gasteiger charge is 2.30. The molecule has 4 aromatic rings. The fraction of sp³-hybridized carbons (Fsp3) is 0.143. The molecule has 2 N–H and O–H groups in total. The molecular weight excluding hydrogens is 399 g/mol. The lowest BCUT2D eigenvalue weighted by Gasteiger charge is -2.12. The van der Waals surface area contributed by atoms with Crippen LogP contribution in [-0.4, -0.2) is 21.6 Å². The summed E-state index contributed by atoms with van der Waals surface area (Å²) in [5.41, 5.74) is 0.722. The number of benzene rings is 2. The predicted octanol–water partition coefficient (Wildman–Crippen LogP) is 5.52. The van der Waals surface area contributed by atoms with Crippen LogP contribution in [0.25, 0.3) is 20.7 Å². The number of nitrogens with zero attached hydrogens (tertiary/aromatic N) is 2. The molecule has 0 saturated heterocycles. The number of hydrogen-bond acceptors (Lipinski definition) is 5.